The Morgan fingerprint density at radius 3 is 1.54 bits per heavy atom. The molecule has 0 aliphatic carbocycles. The lowest BCUT2D eigenvalue weighted by atomic mass is 9.98. The Kier molecular flexibility index (Phi) is 27.6. The van der Waals surface area contributed by atoms with Crippen LogP contribution in [0.5, 0.6) is 0 Å². The predicted octanol–water partition coefficient (Wildman–Crippen LogP) is 9.48. The first-order chi connectivity index (χ1) is 18.5. The standard InChI is InChI=1S/C31H59NO5.CH4S/c1-26(22-18-17-21-25-35-28(3)32)27(2)36-29(33)23-19-15-13-11-9-7-8-10-12-14-16-20-24-30(34)37-31(4,5)6;1-2/h26-27,32H,7-25H2,1-6H3;2H,1H3. The SMILES string of the molecule is CC(=N)OCCCCCC(C)C(C)OC(=O)CCCCCCCCCCCCCCC(=O)OC(C)(C)C.CS. The minimum absolute atomic E-state index is 0.0301. The van der Waals surface area contributed by atoms with E-state index < -0.39 is 0 Å². The van der Waals surface area contributed by atoms with Crippen LogP contribution in [-0.4, -0.2) is 42.4 Å². The molecule has 2 atom stereocenters. The van der Waals surface area contributed by atoms with Crippen LogP contribution >= 0.6 is 12.6 Å². The highest BCUT2D eigenvalue weighted by Crippen LogP contribution is 2.18. The Labute approximate surface area is 247 Å². The summed E-state index contributed by atoms with van der Waals surface area (Å²) >= 11 is 3.53. The van der Waals surface area contributed by atoms with E-state index in [4.69, 9.17) is 19.6 Å². The molecule has 0 aromatic carbocycles. The Hall–Kier alpha value is -1.24. The highest BCUT2D eigenvalue weighted by molar-refractivity contribution is 7.79. The fourth-order valence-corrected chi connectivity index (χ4v) is 4.29. The predicted molar refractivity (Wildman–Crippen MR) is 168 cm³/mol. The molecule has 0 aromatic rings. The molecule has 7 heteroatoms. The zero-order valence-corrected chi connectivity index (χ0v) is 27.5. The van der Waals surface area contributed by atoms with Crippen molar-refractivity contribution in [3.63, 3.8) is 0 Å². The number of carbonyl (C=O) groups excluding carboxylic acids is 2. The molecule has 1 N–H and O–H groups in total. The van der Waals surface area contributed by atoms with Gasteiger partial charge in [-0.15, -0.1) is 0 Å². The van der Waals surface area contributed by atoms with E-state index in [2.05, 4.69) is 19.6 Å². The quantitative estimate of drug-likeness (QED) is 0.0418. The van der Waals surface area contributed by atoms with Crippen molar-refractivity contribution in [3.8, 4) is 0 Å². The third-order valence-corrected chi connectivity index (χ3v) is 6.67. The highest BCUT2D eigenvalue weighted by Gasteiger charge is 2.17. The molecule has 2 unspecified atom stereocenters. The smallest absolute Gasteiger partial charge is 0.306 e. The highest BCUT2D eigenvalue weighted by atomic mass is 32.1. The fourth-order valence-electron chi connectivity index (χ4n) is 4.29. The zero-order valence-electron chi connectivity index (χ0n) is 26.6. The zero-order chi connectivity index (χ0) is 29.9. The second-order valence-corrected chi connectivity index (χ2v) is 11.8. The van der Waals surface area contributed by atoms with Crippen LogP contribution in [0.4, 0.5) is 0 Å². The molecule has 0 aliphatic heterocycles. The van der Waals surface area contributed by atoms with E-state index in [1.807, 2.05) is 27.7 Å². The summed E-state index contributed by atoms with van der Waals surface area (Å²) in [6, 6.07) is 0. The van der Waals surface area contributed by atoms with Crippen LogP contribution < -0.4 is 0 Å². The minimum atomic E-state index is -0.376. The Morgan fingerprint density at radius 2 is 1.10 bits per heavy atom. The molecule has 0 saturated heterocycles. The van der Waals surface area contributed by atoms with Gasteiger partial charge in [0.2, 0.25) is 0 Å². The van der Waals surface area contributed by atoms with Crippen LogP contribution in [-0.2, 0) is 23.8 Å². The molecule has 39 heavy (non-hydrogen) atoms. The molecule has 0 aromatic heterocycles. The number of hydrogen-bond donors (Lipinski definition) is 2. The Bertz CT molecular complexity index is 606. The maximum atomic E-state index is 12.1. The first-order valence-corrected chi connectivity index (χ1v) is 16.4. The van der Waals surface area contributed by atoms with Crippen LogP contribution in [0.25, 0.3) is 0 Å². The third-order valence-electron chi connectivity index (χ3n) is 6.67. The molecule has 0 bridgehead atoms. The Balaban J connectivity index is 0. The normalized spacial score (nSPS) is 12.6. The van der Waals surface area contributed by atoms with E-state index in [1.165, 1.54) is 51.4 Å². The monoisotopic (exact) mass is 573 g/mol. The van der Waals surface area contributed by atoms with Gasteiger partial charge in [-0.3, -0.25) is 15.0 Å². The van der Waals surface area contributed by atoms with E-state index in [0.717, 1.165) is 51.4 Å². The van der Waals surface area contributed by atoms with Gasteiger partial charge in [0.05, 0.1) is 6.61 Å². The first kappa shape index (κ1) is 39.9. The lowest BCUT2D eigenvalue weighted by Gasteiger charge is -2.20. The van der Waals surface area contributed by atoms with Gasteiger partial charge in [-0.1, -0.05) is 84.0 Å². The molecule has 0 rings (SSSR count). The van der Waals surface area contributed by atoms with E-state index in [0.29, 0.717) is 25.4 Å². The number of ether oxygens (including phenoxy) is 3. The number of nitrogens with one attached hydrogen (secondary N) is 1. The van der Waals surface area contributed by atoms with Crippen LogP contribution in [0, 0.1) is 11.3 Å². The molecular formula is C32H63NO5S. The summed E-state index contributed by atoms with van der Waals surface area (Å²) in [5, 5.41) is 7.24. The van der Waals surface area contributed by atoms with Crippen molar-refractivity contribution in [2.45, 2.75) is 169 Å². The molecule has 0 saturated carbocycles. The third kappa shape index (κ3) is 31.2. The largest absolute Gasteiger partial charge is 0.481 e. The van der Waals surface area contributed by atoms with Gasteiger partial charge in [0.25, 0.3) is 0 Å². The molecule has 0 fully saturated rings. The molecule has 0 amide bonds. The summed E-state index contributed by atoms with van der Waals surface area (Å²) in [7, 11) is 0. The summed E-state index contributed by atoms with van der Waals surface area (Å²) in [5.74, 6) is 0.516. The van der Waals surface area contributed by atoms with Gasteiger partial charge in [-0.2, -0.15) is 12.6 Å². The minimum Gasteiger partial charge on any atom is -0.481 e. The van der Waals surface area contributed by atoms with Gasteiger partial charge in [0.15, 0.2) is 5.90 Å². The average Bonchev–Trinajstić information content (AvgIpc) is 2.86. The average molecular weight is 574 g/mol. The second-order valence-electron chi connectivity index (χ2n) is 11.8. The maximum absolute atomic E-state index is 12.1. The maximum Gasteiger partial charge on any atom is 0.306 e. The lowest BCUT2D eigenvalue weighted by Crippen LogP contribution is -2.23. The van der Waals surface area contributed by atoms with Crippen molar-refractivity contribution < 1.29 is 23.8 Å². The summed E-state index contributed by atoms with van der Waals surface area (Å²) in [5.41, 5.74) is -0.376. The molecule has 0 radical (unpaired) electrons. The number of unbranched alkanes of at least 4 members (excludes halogenated alkanes) is 13. The van der Waals surface area contributed by atoms with Gasteiger partial charge >= 0.3 is 11.9 Å². The van der Waals surface area contributed by atoms with E-state index in [1.54, 1.807) is 13.2 Å². The van der Waals surface area contributed by atoms with Crippen LogP contribution in [0.1, 0.15) is 157 Å². The van der Waals surface area contributed by atoms with Crippen molar-refractivity contribution in [1.82, 2.24) is 0 Å². The van der Waals surface area contributed by atoms with Crippen molar-refractivity contribution in [3.05, 3.63) is 0 Å². The number of esters is 2. The summed E-state index contributed by atoms with van der Waals surface area (Å²) in [6.45, 7) is 12.2. The lowest BCUT2D eigenvalue weighted by molar-refractivity contribution is -0.155. The number of thiol groups is 1. The van der Waals surface area contributed by atoms with E-state index in [-0.39, 0.29) is 29.5 Å². The number of rotatable bonds is 23. The van der Waals surface area contributed by atoms with Gasteiger partial charge in [-0.05, 0) is 65.6 Å². The summed E-state index contributed by atoms with van der Waals surface area (Å²) < 4.78 is 16.1. The molecule has 0 aliphatic rings. The van der Waals surface area contributed by atoms with Crippen molar-refractivity contribution in [1.29, 1.82) is 5.41 Å². The van der Waals surface area contributed by atoms with Crippen LogP contribution in [0.3, 0.4) is 0 Å². The molecular weight excluding hydrogens is 510 g/mol. The van der Waals surface area contributed by atoms with Crippen LogP contribution in [0.2, 0.25) is 0 Å². The summed E-state index contributed by atoms with van der Waals surface area (Å²) in [4.78, 5) is 23.8. The number of hydrogen-bond acceptors (Lipinski definition) is 7. The van der Waals surface area contributed by atoms with E-state index >= 15 is 0 Å². The van der Waals surface area contributed by atoms with Crippen molar-refractivity contribution in [2.24, 2.45) is 5.92 Å². The first-order valence-electron chi connectivity index (χ1n) is 15.5. The Morgan fingerprint density at radius 1 is 0.692 bits per heavy atom. The van der Waals surface area contributed by atoms with Gasteiger partial charge < -0.3 is 14.2 Å². The van der Waals surface area contributed by atoms with Crippen LogP contribution in [0.15, 0.2) is 0 Å². The summed E-state index contributed by atoms with van der Waals surface area (Å²) in [6.07, 6.45) is 21.1. The van der Waals surface area contributed by atoms with Gasteiger partial charge in [-0.25, -0.2) is 0 Å². The van der Waals surface area contributed by atoms with Crippen molar-refractivity contribution >= 4 is 30.5 Å². The number of carbonyl (C=O) groups is 2. The molecule has 232 valence electrons. The molecule has 0 spiro atoms. The topological polar surface area (TPSA) is 85.7 Å². The van der Waals surface area contributed by atoms with E-state index in [9.17, 15) is 9.59 Å². The second kappa shape index (κ2) is 27.0. The van der Waals surface area contributed by atoms with Gasteiger partial charge in [0, 0.05) is 19.8 Å². The van der Waals surface area contributed by atoms with Gasteiger partial charge in [0.1, 0.15) is 11.7 Å². The molecule has 6 nitrogen and oxygen atoms in total. The molecule has 0 heterocycles. The fraction of sp³-hybridized carbons (Fsp3) is 0.906. The van der Waals surface area contributed by atoms with Crippen molar-refractivity contribution in [2.75, 3.05) is 12.9 Å².